The molecule has 0 bridgehead atoms. The number of aliphatic hydroxyl groups excluding tert-OH is 1. The third-order valence-corrected chi connectivity index (χ3v) is 4.35. The number of rotatable bonds is 3. The van der Waals surface area contributed by atoms with E-state index in [2.05, 4.69) is 0 Å². The molecule has 1 aromatic rings. The molecule has 0 amide bonds. The summed E-state index contributed by atoms with van der Waals surface area (Å²) in [5.74, 6) is 0.0436. The maximum atomic E-state index is 12.8. The van der Waals surface area contributed by atoms with E-state index < -0.39 is 23.9 Å². The van der Waals surface area contributed by atoms with Crippen LogP contribution in [-0.2, 0) is 6.18 Å². The SMILES string of the molecule is N[C@@H](c1cc(Cl)cc(C(F)(F)F)c1)[C@H](O)C1CCCCC1. The van der Waals surface area contributed by atoms with E-state index in [1.165, 1.54) is 6.07 Å². The highest BCUT2D eigenvalue weighted by Gasteiger charge is 2.33. The first-order valence-corrected chi connectivity index (χ1v) is 7.48. The summed E-state index contributed by atoms with van der Waals surface area (Å²) in [4.78, 5) is 0. The minimum atomic E-state index is -4.48. The molecule has 0 radical (unpaired) electrons. The van der Waals surface area contributed by atoms with Crippen molar-refractivity contribution in [3.63, 3.8) is 0 Å². The van der Waals surface area contributed by atoms with Crippen LogP contribution in [0.5, 0.6) is 0 Å². The van der Waals surface area contributed by atoms with E-state index in [9.17, 15) is 18.3 Å². The molecule has 1 aliphatic carbocycles. The van der Waals surface area contributed by atoms with E-state index in [-0.39, 0.29) is 16.5 Å². The van der Waals surface area contributed by atoms with Gasteiger partial charge in [0, 0.05) is 5.02 Å². The summed E-state index contributed by atoms with van der Waals surface area (Å²) in [5, 5.41) is 10.3. The third kappa shape index (κ3) is 4.11. The zero-order valence-corrected chi connectivity index (χ0v) is 12.3. The number of nitrogens with two attached hydrogens (primary N) is 1. The summed E-state index contributed by atoms with van der Waals surface area (Å²) in [6.45, 7) is 0. The van der Waals surface area contributed by atoms with E-state index in [0.29, 0.717) is 0 Å². The van der Waals surface area contributed by atoms with Crippen molar-refractivity contribution in [2.45, 2.75) is 50.4 Å². The average molecular weight is 322 g/mol. The molecular formula is C15H19ClF3NO. The molecule has 2 rings (SSSR count). The highest BCUT2D eigenvalue weighted by atomic mass is 35.5. The molecule has 21 heavy (non-hydrogen) atoms. The molecule has 1 fully saturated rings. The van der Waals surface area contributed by atoms with Gasteiger partial charge in [-0.15, -0.1) is 0 Å². The molecular weight excluding hydrogens is 303 g/mol. The third-order valence-electron chi connectivity index (χ3n) is 4.13. The van der Waals surface area contributed by atoms with Gasteiger partial charge < -0.3 is 10.8 Å². The number of benzene rings is 1. The summed E-state index contributed by atoms with van der Waals surface area (Å²) in [5.41, 5.74) is 5.37. The van der Waals surface area contributed by atoms with Crippen LogP contribution in [0.4, 0.5) is 13.2 Å². The second-order valence-corrected chi connectivity index (χ2v) is 6.12. The molecule has 3 N–H and O–H groups in total. The quantitative estimate of drug-likeness (QED) is 0.872. The van der Waals surface area contributed by atoms with Gasteiger partial charge in [0.2, 0.25) is 0 Å². The minimum absolute atomic E-state index is 0.0221. The molecule has 1 aliphatic rings. The first kappa shape index (κ1) is 16.6. The first-order valence-electron chi connectivity index (χ1n) is 7.10. The van der Waals surface area contributed by atoms with Gasteiger partial charge in [0.05, 0.1) is 17.7 Å². The zero-order chi connectivity index (χ0) is 15.6. The van der Waals surface area contributed by atoms with Gasteiger partial charge in [-0.05, 0) is 42.5 Å². The molecule has 0 unspecified atom stereocenters. The minimum Gasteiger partial charge on any atom is -0.391 e. The predicted octanol–water partition coefficient (Wildman–Crippen LogP) is 4.30. The van der Waals surface area contributed by atoms with Gasteiger partial charge in [-0.1, -0.05) is 30.9 Å². The van der Waals surface area contributed by atoms with Gasteiger partial charge in [-0.2, -0.15) is 13.2 Å². The van der Waals surface area contributed by atoms with Crippen LogP contribution in [0.1, 0.15) is 49.3 Å². The molecule has 118 valence electrons. The van der Waals surface area contributed by atoms with Gasteiger partial charge in [-0.3, -0.25) is 0 Å². The average Bonchev–Trinajstić information content (AvgIpc) is 2.45. The highest BCUT2D eigenvalue weighted by Crippen LogP contribution is 2.36. The predicted molar refractivity (Wildman–Crippen MR) is 76.0 cm³/mol. The molecule has 1 aromatic carbocycles. The molecule has 0 saturated heterocycles. The summed E-state index contributed by atoms with van der Waals surface area (Å²) in [7, 11) is 0. The van der Waals surface area contributed by atoms with E-state index in [0.717, 1.165) is 44.2 Å². The van der Waals surface area contributed by atoms with Crippen LogP contribution >= 0.6 is 11.6 Å². The number of hydrogen-bond donors (Lipinski definition) is 2. The lowest BCUT2D eigenvalue weighted by Crippen LogP contribution is -2.34. The Labute approximate surface area is 127 Å². The van der Waals surface area contributed by atoms with Gasteiger partial charge in [0.1, 0.15) is 0 Å². The van der Waals surface area contributed by atoms with Gasteiger partial charge in [0.15, 0.2) is 0 Å². The molecule has 0 aromatic heterocycles. The van der Waals surface area contributed by atoms with Crippen molar-refractivity contribution in [3.05, 3.63) is 34.3 Å². The van der Waals surface area contributed by atoms with Crippen molar-refractivity contribution >= 4 is 11.6 Å². The molecule has 1 saturated carbocycles. The molecule has 0 aliphatic heterocycles. The fraction of sp³-hybridized carbons (Fsp3) is 0.600. The number of alkyl halides is 3. The van der Waals surface area contributed by atoms with E-state index >= 15 is 0 Å². The Morgan fingerprint density at radius 1 is 1.14 bits per heavy atom. The lowest BCUT2D eigenvalue weighted by molar-refractivity contribution is -0.137. The van der Waals surface area contributed by atoms with Crippen LogP contribution in [0.3, 0.4) is 0 Å². The Morgan fingerprint density at radius 2 is 1.76 bits per heavy atom. The Morgan fingerprint density at radius 3 is 2.33 bits per heavy atom. The second kappa shape index (κ2) is 6.55. The van der Waals surface area contributed by atoms with Crippen molar-refractivity contribution in [1.82, 2.24) is 0 Å². The maximum absolute atomic E-state index is 12.8. The van der Waals surface area contributed by atoms with Crippen LogP contribution in [-0.4, -0.2) is 11.2 Å². The van der Waals surface area contributed by atoms with Crippen LogP contribution in [0.15, 0.2) is 18.2 Å². The van der Waals surface area contributed by atoms with Gasteiger partial charge in [-0.25, -0.2) is 0 Å². The topological polar surface area (TPSA) is 46.2 Å². The Bertz CT molecular complexity index is 486. The normalized spacial score (nSPS) is 20.3. The van der Waals surface area contributed by atoms with Crippen LogP contribution < -0.4 is 5.73 Å². The highest BCUT2D eigenvalue weighted by molar-refractivity contribution is 6.30. The fourth-order valence-electron chi connectivity index (χ4n) is 2.93. The van der Waals surface area contributed by atoms with Crippen molar-refractivity contribution in [2.75, 3.05) is 0 Å². The summed E-state index contributed by atoms with van der Waals surface area (Å²) >= 11 is 5.75. The zero-order valence-electron chi connectivity index (χ0n) is 11.5. The fourth-order valence-corrected chi connectivity index (χ4v) is 3.18. The van der Waals surface area contributed by atoms with Crippen molar-refractivity contribution in [2.24, 2.45) is 11.7 Å². The molecule has 2 nitrogen and oxygen atoms in total. The Balaban J connectivity index is 2.21. The molecule has 6 heteroatoms. The summed E-state index contributed by atoms with van der Waals surface area (Å²) in [6.07, 6.45) is -0.410. The van der Waals surface area contributed by atoms with Gasteiger partial charge in [0.25, 0.3) is 0 Å². The number of halogens is 4. The first-order chi connectivity index (χ1) is 9.79. The van der Waals surface area contributed by atoms with E-state index in [1.54, 1.807) is 0 Å². The van der Waals surface area contributed by atoms with Crippen molar-refractivity contribution < 1.29 is 18.3 Å². The summed E-state index contributed by atoms with van der Waals surface area (Å²) < 4.78 is 38.4. The Hall–Kier alpha value is -0.780. The van der Waals surface area contributed by atoms with Crippen LogP contribution in [0.2, 0.25) is 5.02 Å². The standard InChI is InChI=1S/C15H19ClF3NO/c16-12-7-10(6-11(8-12)15(17,18)19)13(20)14(21)9-4-2-1-3-5-9/h6-9,13-14,21H,1-5,20H2/t13-,14+/m0/s1. The van der Waals surface area contributed by atoms with Crippen LogP contribution in [0, 0.1) is 5.92 Å². The van der Waals surface area contributed by atoms with Crippen molar-refractivity contribution in [1.29, 1.82) is 0 Å². The van der Waals surface area contributed by atoms with Gasteiger partial charge >= 0.3 is 6.18 Å². The smallest absolute Gasteiger partial charge is 0.391 e. The molecule has 0 spiro atoms. The number of aliphatic hydroxyl groups is 1. The Kier molecular flexibility index (Phi) is 5.17. The van der Waals surface area contributed by atoms with E-state index in [4.69, 9.17) is 17.3 Å². The summed E-state index contributed by atoms with van der Waals surface area (Å²) in [6, 6.07) is 2.38. The van der Waals surface area contributed by atoms with Crippen molar-refractivity contribution in [3.8, 4) is 0 Å². The second-order valence-electron chi connectivity index (χ2n) is 5.69. The lowest BCUT2D eigenvalue weighted by atomic mass is 9.81. The lowest BCUT2D eigenvalue weighted by Gasteiger charge is -2.31. The molecule has 0 heterocycles. The van der Waals surface area contributed by atoms with E-state index in [1.807, 2.05) is 0 Å². The van der Waals surface area contributed by atoms with Crippen LogP contribution in [0.25, 0.3) is 0 Å². The molecule has 2 atom stereocenters. The largest absolute Gasteiger partial charge is 0.416 e. The monoisotopic (exact) mass is 321 g/mol. The maximum Gasteiger partial charge on any atom is 0.416 e. The number of hydrogen-bond acceptors (Lipinski definition) is 2.